The first-order valence-corrected chi connectivity index (χ1v) is 7.57. The van der Waals surface area contributed by atoms with Crippen LogP contribution in [0, 0.1) is 0 Å². The molecule has 1 aromatic rings. The number of sulfonamides is 1. The lowest BCUT2D eigenvalue weighted by atomic mass is 10.3. The lowest BCUT2D eigenvalue weighted by Gasteiger charge is -2.12. The normalized spacial score (nSPS) is 13.2. The van der Waals surface area contributed by atoms with Crippen molar-refractivity contribution in [1.29, 1.82) is 0 Å². The van der Waals surface area contributed by atoms with Crippen molar-refractivity contribution < 1.29 is 17.9 Å². The van der Waals surface area contributed by atoms with Gasteiger partial charge in [-0.1, -0.05) is 12.1 Å². The number of rotatable bonds is 8. The molecule has 0 aliphatic carbocycles. The van der Waals surface area contributed by atoms with Crippen molar-refractivity contribution in [3.63, 3.8) is 0 Å². The molecule has 0 heterocycles. The van der Waals surface area contributed by atoms with E-state index in [4.69, 9.17) is 15.2 Å². The predicted molar refractivity (Wildman–Crippen MR) is 74.6 cm³/mol. The Morgan fingerprint density at radius 1 is 1.37 bits per heavy atom. The van der Waals surface area contributed by atoms with E-state index in [-0.39, 0.29) is 25.0 Å². The van der Waals surface area contributed by atoms with Crippen LogP contribution in [0.15, 0.2) is 24.3 Å². The summed E-state index contributed by atoms with van der Waals surface area (Å²) in [5.74, 6) is 0.362. The van der Waals surface area contributed by atoms with Gasteiger partial charge in [-0.15, -0.1) is 0 Å². The summed E-state index contributed by atoms with van der Waals surface area (Å²) in [6.45, 7) is 2.07. The molecule has 0 fully saturated rings. The molecule has 0 aliphatic rings. The van der Waals surface area contributed by atoms with E-state index in [1.165, 1.54) is 7.11 Å². The Balaban J connectivity index is 2.38. The van der Waals surface area contributed by atoms with Crippen LogP contribution in [0.5, 0.6) is 5.75 Å². The van der Waals surface area contributed by atoms with Crippen LogP contribution in [0.3, 0.4) is 0 Å². The molecule has 0 aliphatic heterocycles. The van der Waals surface area contributed by atoms with E-state index in [1.54, 1.807) is 31.2 Å². The van der Waals surface area contributed by atoms with Gasteiger partial charge in [-0.25, -0.2) is 13.1 Å². The molecule has 6 nitrogen and oxygen atoms in total. The van der Waals surface area contributed by atoms with Gasteiger partial charge in [-0.2, -0.15) is 0 Å². The van der Waals surface area contributed by atoms with Crippen LogP contribution in [-0.2, 0) is 14.8 Å². The van der Waals surface area contributed by atoms with Gasteiger partial charge in [-0.3, -0.25) is 0 Å². The number of ether oxygens (including phenoxy) is 2. The van der Waals surface area contributed by atoms with Gasteiger partial charge >= 0.3 is 0 Å². The van der Waals surface area contributed by atoms with Crippen LogP contribution >= 0.6 is 0 Å². The van der Waals surface area contributed by atoms with E-state index in [2.05, 4.69) is 4.72 Å². The van der Waals surface area contributed by atoms with E-state index >= 15 is 0 Å². The standard InChI is InChI=1S/C12H20N2O4S/c1-10(17-2)9-14-19(15,16)8-7-18-12-6-4-3-5-11(12)13/h3-6,10,14H,7-9,13H2,1-2H3. The molecule has 3 N–H and O–H groups in total. The number of para-hydroxylation sites is 2. The molecule has 0 spiro atoms. The zero-order chi connectivity index (χ0) is 14.3. The summed E-state index contributed by atoms with van der Waals surface area (Å²) < 4.78 is 36.0. The molecule has 0 saturated heterocycles. The van der Waals surface area contributed by atoms with E-state index in [1.807, 2.05) is 0 Å². The maximum absolute atomic E-state index is 11.6. The topological polar surface area (TPSA) is 90.6 Å². The van der Waals surface area contributed by atoms with Gasteiger partial charge < -0.3 is 15.2 Å². The zero-order valence-corrected chi connectivity index (χ0v) is 11.9. The summed E-state index contributed by atoms with van der Waals surface area (Å²) in [7, 11) is -1.84. The Morgan fingerprint density at radius 2 is 2.05 bits per heavy atom. The van der Waals surface area contributed by atoms with E-state index in [0.717, 1.165) is 0 Å². The molecule has 1 rings (SSSR count). The lowest BCUT2D eigenvalue weighted by Crippen LogP contribution is -2.34. The Hall–Kier alpha value is -1.31. The first-order valence-electron chi connectivity index (χ1n) is 5.92. The summed E-state index contributed by atoms with van der Waals surface area (Å²) in [6, 6.07) is 6.95. The summed E-state index contributed by atoms with van der Waals surface area (Å²) >= 11 is 0. The Kier molecular flexibility index (Phi) is 6.07. The number of nitrogens with one attached hydrogen (secondary N) is 1. The monoisotopic (exact) mass is 288 g/mol. The summed E-state index contributed by atoms with van der Waals surface area (Å²) in [5.41, 5.74) is 6.17. The van der Waals surface area contributed by atoms with Gasteiger partial charge in [0.05, 0.1) is 17.5 Å². The van der Waals surface area contributed by atoms with E-state index in [9.17, 15) is 8.42 Å². The van der Waals surface area contributed by atoms with Gasteiger partial charge in [0, 0.05) is 13.7 Å². The Morgan fingerprint density at radius 3 is 2.68 bits per heavy atom. The molecule has 1 unspecified atom stereocenters. The summed E-state index contributed by atoms with van der Waals surface area (Å²) in [6.07, 6.45) is -0.166. The van der Waals surface area contributed by atoms with Crippen molar-refractivity contribution in [2.24, 2.45) is 0 Å². The maximum atomic E-state index is 11.6. The minimum atomic E-state index is -3.37. The third kappa shape index (κ3) is 5.91. The van der Waals surface area contributed by atoms with Crippen molar-refractivity contribution in [3.8, 4) is 5.75 Å². The second kappa shape index (κ2) is 7.32. The molecular formula is C12H20N2O4S. The first-order chi connectivity index (χ1) is 8.94. The van der Waals surface area contributed by atoms with Crippen molar-refractivity contribution >= 4 is 15.7 Å². The van der Waals surface area contributed by atoms with E-state index < -0.39 is 10.0 Å². The fourth-order valence-electron chi connectivity index (χ4n) is 1.27. The fraction of sp³-hybridized carbons (Fsp3) is 0.500. The predicted octanol–water partition coefficient (Wildman–Crippen LogP) is 0.602. The van der Waals surface area contributed by atoms with Crippen molar-refractivity contribution in [2.45, 2.75) is 13.0 Å². The van der Waals surface area contributed by atoms with Gasteiger partial charge in [0.2, 0.25) is 10.0 Å². The highest BCUT2D eigenvalue weighted by Gasteiger charge is 2.12. The molecular weight excluding hydrogens is 268 g/mol. The van der Waals surface area contributed by atoms with Crippen LogP contribution in [-0.4, -0.2) is 40.5 Å². The summed E-state index contributed by atoms with van der Waals surface area (Å²) in [5, 5.41) is 0. The third-order valence-corrected chi connectivity index (χ3v) is 3.83. The number of benzene rings is 1. The van der Waals surface area contributed by atoms with Crippen LogP contribution in [0.1, 0.15) is 6.92 Å². The zero-order valence-electron chi connectivity index (χ0n) is 11.1. The molecule has 1 aromatic carbocycles. The van der Waals surface area contributed by atoms with Crippen LogP contribution in [0.4, 0.5) is 5.69 Å². The number of nitrogens with two attached hydrogens (primary N) is 1. The summed E-state index contributed by atoms with van der Waals surface area (Å²) in [4.78, 5) is 0. The van der Waals surface area contributed by atoms with Crippen molar-refractivity contribution in [3.05, 3.63) is 24.3 Å². The molecule has 7 heteroatoms. The highest BCUT2D eigenvalue weighted by atomic mass is 32.2. The molecule has 108 valence electrons. The SMILES string of the molecule is COC(C)CNS(=O)(=O)CCOc1ccccc1N. The Labute approximate surface area is 113 Å². The number of nitrogen functional groups attached to an aromatic ring is 1. The van der Waals surface area contributed by atoms with Gasteiger partial charge in [0.25, 0.3) is 0 Å². The van der Waals surface area contributed by atoms with Crippen LogP contribution < -0.4 is 15.2 Å². The number of hydrogen-bond donors (Lipinski definition) is 2. The molecule has 19 heavy (non-hydrogen) atoms. The maximum Gasteiger partial charge on any atom is 0.215 e. The van der Waals surface area contributed by atoms with Gasteiger partial charge in [0.15, 0.2) is 0 Å². The highest BCUT2D eigenvalue weighted by Crippen LogP contribution is 2.19. The fourth-order valence-corrected chi connectivity index (χ4v) is 2.21. The van der Waals surface area contributed by atoms with Crippen LogP contribution in [0.2, 0.25) is 0 Å². The number of hydrogen-bond acceptors (Lipinski definition) is 5. The second-order valence-electron chi connectivity index (χ2n) is 4.10. The quantitative estimate of drug-likeness (QED) is 0.684. The molecule has 0 aromatic heterocycles. The number of methoxy groups -OCH3 is 1. The molecule has 0 bridgehead atoms. The average Bonchev–Trinajstić information content (AvgIpc) is 2.38. The minimum Gasteiger partial charge on any atom is -0.490 e. The molecule has 1 atom stereocenters. The molecule has 0 saturated carbocycles. The van der Waals surface area contributed by atoms with Crippen molar-refractivity contribution in [1.82, 2.24) is 4.72 Å². The highest BCUT2D eigenvalue weighted by molar-refractivity contribution is 7.89. The second-order valence-corrected chi connectivity index (χ2v) is 6.03. The van der Waals surface area contributed by atoms with Gasteiger partial charge in [-0.05, 0) is 19.1 Å². The van der Waals surface area contributed by atoms with Crippen LogP contribution in [0.25, 0.3) is 0 Å². The lowest BCUT2D eigenvalue weighted by molar-refractivity contribution is 0.122. The number of anilines is 1. The minimum absolute atomic E-state index is 0.0465. The third-order valence-electron chi connectivity index (χ3n) is 2.52. The first kappa shape index (κ1) is 15.7. The van der Waals surface area contributed by atoms with Crippen molar-refractivity contribution in [2.75, 3.05) is 31.7 Å². The largest absolute Gasteiger partial charge is 0.490 e. The Bertz CT molecular complexity index is 490. The van der Waals surface area contributed by atoms with E-state index in [0.29, 0.717) is 11.4 Å². The smallest absolute Gasteiger partial charge is 0.215 e. The molecule has 0 amide bonds. The average molecular weight is 288 g/mol. The molecule has 0 radical (unpaired) electrons. The van der Waals surface area contributed by atoms with Gasteiger partial charge in [0.1, 0.15) is 12.4 Å².